The molecule has 2 aromatic carbocycles. The zero-order chi connectivity index (χ0) is 15.6. The van der Waals surface area contributed by atoms with Gasteiger partial charge < -0.3 is 0 Å². The highest BCUT2D eigenvalue weighted by Gasteiger charge is 2.25. The second-order valence-electron chi connectivity index (χ2n) is 5.68. The van der Waals surface area contributed by atoms with Gasteiger partial charge in [0.1, 0.15) is 12.4 Å². The quantitative estimate of drug-likeness (QED) is 0.365. The van der Waals surface area contributed by atoms with Gasteiger partial charge in [-0.05, 0) is 53.8 Å². The van der Waals surface area contributed by atoms with E-state index >= 15 is 0 Å². The van der Waals surface area contributed by atoms with Crippen LogP contribution in [-0.4, -0.2) is 24.5 Å². The van der Waals surface area contributed by atoms with Crippen LogP contribution in [0.1, 0.15) is 11.6 Å². The number of rotatable bonds is 0. The average molecular weight is 413 g/mol. The Hall–Kier alpha value is -2.22. The predicted molar refractivity (Wildman–Crippen MR) is 96.6 cm³/mol. The molecule has 0 fully saturated rings. The lowest BCUT2D eigenvalue weighted by Crippen LogP contribution is -2.06. The largest absolute Gasteiger partial charge is 0.281 e. The topological polar surface area (TPSA) is 48.5 Å². The van der Waals surface area contributed by atoms with Crippen LogP contribution in [0.3, 0.4) is 0 Å². The molecular formula is C17H12IN5. The summed E-state index contributed by atoms with van der Waals surface area (Å²) in [7, 11) is 0. The lowest BCUT2D eigenvalue weighted by atomic mass is 10.1. The van der Waals surface area contributed by atoms with Crippen molar-refractivity contribution in [2.24, 2.45) is 0 Å². The van der Waals surface area contributed by atoms with Crippen molar-refractivity contribution in [1.82, 2.24) is 24.5 Å². The highest BCUT2D eigenvalue weighted by molar-refractivity contribution is 14.1. The summed E-state index contributed by atoms with van der Waals surface area (Å²) in [4.78, 5) is 0. The summed E-state index contributed by atoms with van der Waals surface area (Å²) in [6.45, 7) is 2.61. The Labute approximate surface area is 146 Å². The Morgan fingerprint density at radius 3 is 2.87 bits per heavy atom. The first kappa shape index (κ1) is 13.2. The van der Waals surface area contributed by atoms with Crippen LogP contribution < -0.4 is 0 Å². The molecule has 5 rings (SSSR count). The van der Waals surface area contributed by atoms with Crippen molar-refractivity contribution >= 4 is 33.5 Å². The third kappa shape index (κ3) is 1.81. The molecule has 0 saturated heterocycles. The number of hydrogen-bond acceptors (Lipinski definition) is 3. The lowest BCUT2D eigenvalue weighted by Gasteiger charge is -2.10. The third-order valence-corrected chi connectivity index (χ3v) is 4.95. The number of nitrogens with zero attached hydrogens (tertiary/aromatic N) is 5. The maximum absolute atomic E-state index is 4.78. The minimum absolute atomic E-state index is 0.621. The third-order valence-electron chi connectivity index (χ3n) is 4.28. The van der Waals surface area contributed by atoms with Crippen molar-refractivity contribution in [2.45, 2.75) is 13.5 Å². The van der Waals surface area contributed by atoms with Crippen molar-refractivity contribution < 1.29 is 0 Å². The summed E-state index contributed by atoms with van der Waals surface area (Å²) in [5, 5.41) is 14.6. The molecular weight excluding hydrogens is 401 g/mol. The Bertz CT molecular complexity index is 1080. The van der Waals surface area contributed by atoms with Gasteiger partial charge in [0.05, 0.1) is 16.9 Å². The summed E-state index contributed by atoms with van der Waals surface area (Å²) in [5.41, 5.74) is 4.45. The normalized spacial score (nSPS) is 12.6. The Morgan fingerprint density at radius 1 is 1.09 bits per heavy atom. The van der Waals surface area contributed by atoms with Crippen LogP contribution in [0.15, 0.2) is 42.5 Å². The predicted octanol–water partition coefficient (Wildman–Crippen LogP) is 3.56. The van der Waals surface area contributed by atoms with Gasteiger partial charge in [0.15, 0.2) is 5.82 Å². The zero-order valence-electron chi connectivity index (χ0n) is 12.4. The van der Waals surface area contributed by atoms with Crippen LogP contribution in [0.5, 0.6) is 0 Å². The van der Waals surface area contributed by atoms with E-state index in [0.29, 0.717) is 6.54 Å². The minimum Gasteiger partial charge on any atom is -0.281 e. The van der Waals surface area contributed by atoms with Crippen LogP contribution in [0.4, 0.5) is 0 Å². The van der Waals surface area contributed by atoms with E-state index in [1.54, 1.807) is 0 Å². The zero-order valence-corrected chi connectivity index (χ0v) is 14.5. The first-order valence-corrected chi connectivity index (χ1v) is 8.47. The number of halogens is 1. The SMILES string of the molecule is Cc1nnc2n1-c1ccc(I)cc1-c1c3ccccc3nn1C2. The highest BCUT2D eigenvalue weighted by Crippen LogP contribution is 2.37. The Kier molecular flexibility index (Phi) is 2.67. The average Bonchev–Trinajstić information content (AvgIpc) is 3.05. The summed E-state index contributed by atoms with van der Waals surface area (Å²) in [6, 6.07) is 14.8. The Balaban J connectivity index is 1.97. The molecule has 6 heteroatoms. The number of aromatic nitrogens is 5. The molecule has 0 radical (unpaired) electrons. The fraction of sp³-hybridized carbons (Fsp3) is 0.118. The second kappa shape index (κ2) is 4.64. The molecule has 112 valence electrons. The molecule has 0 aliphatic carbocycles. The van der Waals surface area contributed by atoms with E-state index < -0.39 is 0 Å². The number of hydrogen-bond donors (Lipinski definition) is 0. The van der Waals surface area contributed by atoms with Gasteiger partial charge in [0, 0.05) is 14.5 Å². The molecule has 0 saturated carbocycles. The monoisotopic (exact) mass is 413 g/mol. The standard InChI is InChI=1S/C17H12IN5/c1-10-19-20-16-9-22-17(12-4-2-3-5-14(12)21-22)13-8-11(18)6-7-15(13)23(10)16/h2-8H,9H2,1H3. The maximum atomic E-state index is 4.78. The van der Waals surface area contributed by atoms with Crippen LogP contribution in [0.2, 0.25) is 0 Å². The molecule has 1 aliphatic heterocycles. The molecule has 3 heterocycles. The molecule has 0 amide bonds. The van der Waals surface area contributed by atoms with E-state index in [1.807, 2.05) is 17.7 Å². The van der Waals surface area contributed by atoms with Gasteiger partial charge in [-0.15, -0.1) is 10.2 Å². The molecule has 1 aliphatic rings. The first-order valence-electron chi connectivity index (χ1n) is 7.39. The van der Waals surface area contributed by atoms with Crippen molar-refractivity contribution in [3.05, 3.63) is 57.7 Å². The van der Waals surface area contributed by atoms with Crippen LogP contribution in [0.25, 0.3) is 27.8 Å². The van der Waals surface area contributed by atoms with Crippen LogP contribution in [0, 0.1) is 10.5 Å². The molecule has 23 heavy (non-hydrogen) atoms. The molecule has 4 aromatic rings. The molecule has 0 bridgehead atoms. The summed E-state index contributed by atoms with van der Waals surface area (Å²) in [6.07, 6.45) is 0. The molecule has 2 aromatic heterocycles. The van der Waals surface area contributed by atoms with Crippen molar-refractivity contribution in [1.29, 1.82) is 0 Å². The van der Waals surface area contributed by atoms with E-state index in [9.17, 15) is 0 Å². The van der Waals surface area contributed by atoms with Gasteiger partial charge >= 0.3 is 0 Å². The number of aryl methyl sites for hydroxylation is 1. The van der Waals surface area contributed by atoms with Gasteiger partial charge in [0.25, 0.3) is 0 Å². The summed E-state index contributed by atoms with van der Waals surface area (Å²) >= 11 is 2.36. The summed E-state index contributed by atoms with van der Waals surface area (Å²) < 4.78 is 5.38. The van der Waals surface area contributed by atoms with E-state index in [2.05, 4.69) is 73.8 Å². The second-order valence-corrected chi connectivity index (χ2v) is 6.93. The maximum Gasteiger partial charge on any atom is 0.159 e. The Morgan fingerprint density at radius 2 is 1.96 bits per heavy atom. The first-order chi connectivity index (χ1) is 11.2. The highest BCUT2D eigenvalue weighted by atomic mass is 127. The van der Waals surface area contributed by atoms with E-state index in [-0.39, 0.29) is 0 Å². The van der Waals surface area contributed by atoms with Crippen LogP contribution >= 0.6 is 22.6 Å². The molecule has 5 nitrogen and oxygen atoms in total. The lowest BCUT2D eigenvalue weighted by molar-refractivity contribution is 0.665. The molecule has 0 N–H and O–H groups in total. The van der Waals surface area contributed by atoms with Gasteiger partial charge in [0.2, 0.25) is 0 Å². The number of fused-ring (bicyclic) bond motifs is 7. The fourth-order valence-electron chi connectivity index (χ4n) is 3.33. The fourth-order valence-corrected chi connectivity index (χ4v) is 3.82. The van der Waals surface area contributed by atoms with Crippen LogP contribution in [-0.2, 0) is 6.54 Å². The van der Waals surface area contributed by atoms with Gasteiger partial charge in [-0.3, -0.25) is 9.25 Å². The smallest absolute Gasteiger partial charge is 0.159 e. The molecule has 0 unspecified atom stereocenters. The van der Waals surface area contributed by atoms with Gasteiger partial charge in [-0.2, -0.15) is 5.10 Å². The van der Waals surface area contributed by atoms with Crippen molar-refractivity contribution in [2.75, 3.05) is 0 Å². The summed E-state index contributed by atoms with van der Waals surface area (Å²) in [5.74, 6) is 1.81. The van der Waals surface area contributed by atoms with Crippen molar-refractivity contribution in [3.63, 3.8) is 0 Å². The number of benzene rings is 2. The van der Waals surface area contributed by atoms with Gasteiger partial charge in [-0.1, -0.05) is 18.2 Å². The van der Waals surface area contributed by atoms with E-state index in [1.165, 1.54) is 14.5 Å². The molecule has 0 spiro atoms. The van der Waals surface area contributed by atoms with Gasteiger partial charge in [-0.25, -0.2) is 0 Å². The minimum atomic E-state index is 0.621. The van der Waals surface area contributed by atoms with E-state index in [4.69, 9.17) is 5.10 Å². The van der Waals surface area contributed by atoms with E-state index in [0.717, 1.165) is 28.5 Å². The van der Waals surface area contributed by atoms with Crippen molar-refractivity contribution in [3.8, 4) is 16.9 Å². The molecule has 0 atom stereocenters.